The molecule has 7 nitrogen and oxygen atoms in total. The molecule has 144 valence electrons. The van der Waals surface area contributed by atoms with Gasteiger partial charge in [-0.15, -0.1) is 10.2 Å². The maximum absolute atomic E-state index is 12.6. The number of ether oxygens (including phenoxy) is 2. The number of likely N-dealkylation sites (tertiary alicyclic amines) is 1. The van der Waals surface area contributed by atoms with E-state index in [1.165, 1.54) is 12.8 Å². The third-order valence-corrected chi connectivity index (χ3v) is 5.23. The molecule has 0 N–H and O–H groups in total. The van der Waals surface area contributed by atoms with Crippen LogP contribution < -0.4 is 0 Å². The summed E-state index contributed by atoms with van der Waals surface area (Å²) in [7, 11) is 0. The van der Waals surface area contributed by atoms with Gasteiger partial charge in [-0.3, -0.25) is 4.90 Å². The summed E-state index contributed by atoms with van der Waals surface area (Å²) in [6.07, 6.45) is 7.70. The van der Waals surface area contributed by atoms with Crippen molar-refractivity contribution in [3.8, 4) is 0 Å². The van der Waals surface area contributed by atoms with Gasteiger partial charge in [-0.25, -0.2) is 4.79 Å². The Bertz CT molecular complexity index is 643. The lowest BCUT2D eigenvalue weighted by molar-refractivity contribution is -0.0262. The zero-order valence-electron chi connectivity index (χ0n) is 15.9. The predicted octanol–water partition coefficient (Wildman–Crippen LogP) is 3.96. The van der Waals surface area contributed by atoms with Crippen LogP contribution in [0.5, 0.6) is 0 Å². The molecule has 7 heteroatoms. The molecule has 2 saturated carbocycles. The number of hydrogen-bond acceptors (Lipinski definition) is 6. The number of hydrogen-bond donors (Lipinski definition) is 0. The molecule has 1 unspecified atom stereocenters. The fourth-order valence-electron chi connectivity index (χ4n) is 3.63. The Morgan fingerprint density at radius 3 is 2.50 bits per heavy atom. The maximum Gasteiger partial charge on any atom is 0.410 e. The largest absolute Gasteiger partial charge is 0.444 e. The second-order valence-corrected chi connectivity index (χ2v) is 8.79. The number of rotatable bonds is 4. The van der Waals surface area contributed by atoms with Crippen LogP contribution in [0.1, 0.15) is 89.5 Å². The van der Waals surface area contributed by atoms with Gasteiger partial charge in [-0.2, -0.15) is 0 Å². The molecule has 0 spiro atoms. The molecule has 1 amide bonds. The van der Waals surface area contributed by atoms with Gasteiger partial charge in [0, 0.05) is 12.5 Å². The van der Waals surface area contributed by atoms with E-state index in [4.69, 9.17) is 13.9 Å². The van der Waals surface area contributed by atoms with Gasteiger partial charge in [0.2, 0.25) is 11.8 Å². The summed E-state index contributed by atoms with van der Waals surface area (Å²) in [4.78, 5) is 14.3. The summed E-state index contributed by atoms with van der Waals surface area (Å²) >= 11 is 0. The van der Waals surface area contributed by atoms with Crippen LogP contribution >= 0.6 is 0 Å². The second kappa shape index (κ2) is 6.83. The van der Waals surface area contributed by atoms with E-state index in [1.807, 2.05) is 20.8 Å². The normalized spacial score (nSPS) is 29.3. The van der Waals surface area contributed by atoms with E-state index in [0.717, 1.165) is 32.1 Å². The Balaban J connectivity index is 1.39. The van der Waals surface area contributed by atoms with Crippen LogP contribution in [-0.2, 0) is 9.47 Å². The van der Waals surface area contributed by atoms with Gasteiger partial charge in [-0.1, -0.05) is 0 Å². The third-order valence-electron chi connectivity index (χ3n) is 5.23. The zero-order chi connectivity index (χ0) is 18.3. The predicted molar refractivity (Wildman–Crippen MR) is 93.7 cm³/mol. The molecular formula is C19H29N3O4. The molecule has 1 aliphatic heterocycles. The van der Waals surface area contributed by atoms with Crippen molar-refractivity contribution in [3.63, 3.8) is 0 Å². The van der Waals surface area contributed by atoms with Crippen molar-refractivity contribution in [2.45, 2.75) is 95.5 Å². The Kier molecular flexibility index (Phi) is 4.67. The molecule has 1 saturated heterocycles. The standard InChI is InChI=1S/C19H29N3O4/c1-19(2,3)26-18(23)22-9-5-4-6-15(22)17-21-20-16(25-17)12-10-14(11-12)24-13-7-8-13/h12-15H,4-11H2,1-3H3. The minimum Gasteiger partial charge on any atom is -0.444 e. The van der Waals surface area contributed by atoms with Crippen LogP contribution in [0.15, 0.2) is 4.42 Å². The lowest BCUT2D eigenvalue weighted by atomic mass is 9.82. The average molecular weight is 363 g/mol. The van der Waals surface area contributed by atoms with Gasteiger partial charge in [-0.05, 0) is 65.7 Å². The highest BCUT2D eigenvalue weighted by atomic mass is 16.6. The van der Waals surface area contributed by atoms with Crippen molar-refractivity contribution in [2.24, 2.45) is 0 Å². The van der Waals surface area contributed by atoms with Crippen LogP contribution in [-0.4, -0.2) is 45.5 Å². The molecule has 3 fully saturated rings. The SMILES string of the molecule is CC(C)(C)OC(=O)N1CCCCC1c1nnc(C2CC(OC3CC3)C2)o1. The quantitative estimate of drug-likeness (QED) is 0.806. The monoisotopic (exact) mass is 363 g/mol. The first kappa shape index (κ1) is 17.8. The molecule has 4 rings (SSSR count). The Hall–Kier alpha value is -1.63. The molecule has 26 heavy (non-hydrogen) atoms. The molecule has 3 aliphatic rings. The highest BCUT2D eigenvalue weighted by Crippen LogP contribution is 2.42. The smallest absolute Gasteiger partial charge is 0.410 e. The van der Waals surface area contributed by atoms with Crippen LogP contribution in [0.3, 0.4) is 0 Å². The summed E-state index contributed by atoms with van der Waals surface area (Å²) in [5, 5.41) is 8.52. The molecule has 0 bridgehead atoms. The number of carbonyl (C=O) groups is 1. The molecule has 1 aromatic rings. The summed E-state index contributed by atoms with van der Waals surface area (Å²) < 4.78 is 17.4. The molecular weight excluding hydrogens is 334 g/mol. The summed E-state index contributed by atoms with van der Waals surface area (Å²) in [6, 6.07) is -0.182. The van der Waals surface area contributed by atoms with E-state index < -0.39 is 5.60 Å². The van der Waals surface area contributed by atoms with Gasteiger partial charge < -0.3 is 13.9 Å². The van der Waals surface area contributed by atoms with Crippen molar-refractivity contribution >= 4 is 6.09 Å². The van der Waals surface area contributed by atoms with Gasteiger partial charge in [0.25, 0.3) is 0 Å². The van der Waals surface area contributed by atoms with Crippen molar-refractivity contribution in [2.75, 3.05) is 6.54 Å². The van der Waals surface area contributed by atoms with E-state index in [0.29, 0.717) is 36.5 Å². The van der Waals surface area contributed by atoms with Crippen molar-refractivity contribution < 1.29 is 18.7 Å². The number of carbonyl (C=O) groups excluding carboxylic acids is 1. The van der Waals surface area contributed by atoms with E-state index in [9.17, 15) is 4.79 Å². The van der Waals surface area contributed by atoms with Crippen LogP contribution in [0, 0.1) is 0 Å². The first-order chi connectivity index (χ1) is 12.4. The van der Waals surface area contributed by atoms with Crippen molar-refractivity contribution in [1.29, 1.82) is 0 Å². The zero-order valence-corrected chi connectivity index (χ0v) is 15.9. The van der Waals surface area contributed by atoms with Crippen LogP contribution in [0.4, 0.5) is 4.79 Å². The number of aromatic nitrogens is 2. The van der Waals surface area contributed by atoms with E-state index >= 15 is 0 Å². The first-order valence-electron chi connectivity index (χ1n) is 9.87. The lowest BCUT2D eigenvalue weighted by Crippen LogP contribution is -2.42. The van der Waals surface area contributed by atoms with Gasteiger partial charge >= 0.3 is 6.09 Å². The molecule has 0 aromatic carbocycles. The van der Waals surface area contributed by atoms with Gasteiger partial charge in [0.15, 0.2) is 0 Å². The number of nitrogens with zero attached hydrogens (tertiary/aromatic N) is 3. The number of piperidine rings is 1. The highest BCUT2D eigenvalue weighted by molar-refractivity contribution is 5.68. The fraction of sp³-hybridized carbons (Fsp3) is 0.842. The average Bonchev–Trinajstić information content (AvgIpc) is 3.24. The molecule has 0 radical (unpaired) electrons. The maximum atomic E-state index is 12.6. The van der Waals surface area contributed by atoms with Crippen LogP contribution in [0.2, 0.25) is 0 Å². The molecule has 1 atom stereocenters. The third kappa shape index (κ3) is 4.03. The number of amides is 1. The van der Waals surface area contributed by atoms with Gasteiger partial charge in [0.1, 0.15) is 11.6 Å². The first-order valence-corrected chi connectivity index (χ1v) is 9.87. The lowest BCUT2D eigenvalue weighted by Gasteiger charge is -2.35. The van der Waals surface area contributed by atoms with Crippen LogP contribution in [0.25, 0.3) is 0 Å². The van der Waals surface area contributed by atoms with E-state index in [2.05, 4.69) is 10.2 Å². The fourth-order valence-corrected chi connectivity index (χ4v) is 3.63. The van der Waals surface area contributed by atoms with E-state index in [-0.39, 0.29) is 12.1 Å². The highest BCUT2D eigenvalue weighted by Gasteiger charge is 2.40. The summed E-state index contributed by atoms with van der Waals surface area (Å²) in [5.41, 5.74) is -0.512. The summed E-state index contributed by atoms with van der Waals surface area (Å²) in [6.45, 7) is 6.31. The van der Waals surface area contributed by atoms with E-state index in [1.54, 1.807) is 4.90 Å². The molecule has 2 heterocycles. The molecule has 1 aromatic heterocycles. The Labute approximate surface area is 154 Å². The molecule has 2 aliphatic carbocycles. The Morgan fingerprint density at radius 2 is 1.81 bits per heavy atom. The Morgan fingerprint density at radius 1 is 1.08 bits per heavy atom. The van der Waals surface area contributed by atoms with Gasteiger partial charge in [0.05, 0.1) is 12.2 Å². The van der Waals surface area contributed by atoms with Crippen molar-refractivity contribution in [3.05, 3.63) is 11.8 Å². The summed E-state index contributed by atoms with van der Waals surface area (Å²) in [5.74, 6) is 1.51. The minimum absolute atomic E-state index is 0.182. The van der Waals surface area contributed by atoms with Crippen molar-refractivity contribution in [1.82, 2.24) is 15.1 Å². The topological polar surface area (TPSA) is 77.7 Å². The minimum atomic E-state index is -0.512. The second-order valence-electron chi connectivity index (χ2n) is 8.79.